The highest BCUT2D eigenvalue weighted by Gasteiger charge is 2.30. The molecule has 1 aromatic carbocycles. The lowest BCUT2D eigenvalue weighted by molar-refractivity contribution is 0.322. The highest BCUT2D eigenvalue weighted by Crippen LogP contribution is 2.43. The number of hydrogen-bond donors (Lipinski definition) is 0. The standard InChI is InChI=1S/C16H16ClFN2O/c1-2-21-16-13(9-17)19-14(10-3-4-10)15(20-16)11-5-7-12(18)8-6-11/h5-8,10H,2-4,9H2,1H3. The lowest BCUT2D eigenvalue weighted by atomic mass is 10.1. The first-order chi connectivity index (χ1) is 10.2. The number of ether oxygens (including phenoxy) is 1. The molecule has 0 N–H and O–H groups in total. The summed E-state index contributed by atoms with van der Waals surface area (Å²) in [5.74, 6) is 0.902. The molecule has 3 rings (SSSR count). The molecule has 1 aliphatic carbocycles. The lowest BCUT2D eigenvalue weighted by Gasteiger charge is -2.13. The number of nitrogens with zero attached hydrogens (tertiary/aromatic N) is 2. The second-order valence-corrected chi connectivity index (χ2v) is 5.32. The molecule has 2 aromatic rings. The lowest BCUT2D eigenvalue weighted by Crippen LogP contribution is -2.06. The van der Waals surface area contributed by atoms with E-state index < -0.39 is 0 Å². The van der Waals surface area contributed by atoms with Crippen molar-refractivity contribution in [2.24, 2.45) is 0 Å². The Morgan fingerprint density at radius 2 is 1.95 bits per heavy atom. The normalized spacial score (nSPS) is 14.2. The summed E-state index contributed by atoms with van der Waals surface area (Å²) in [4.78, 5) is 9.26. The van der Waals surface area contributed by atoms with E-state index in [1.54, 1.807) is 12.1 Å². The maximum absolute atomic E-state index is 13.1. The molecular formula is C16H16ClFN2O. The zero-order chi connectivity index (χ0) is 14.8. The Morgan fingerprint density at radius 3 is 2.52 bits per heavy atom. The van der Waals surface area contributed by atoms with Crippen LogP contribution in [0.1, 0.15) is 37.1 Å². The van der Waals surface area contributed by atoms with E-state index in [0.717, 1.165) is 29.8 Å². The van der Waals surface area contributed by atoms with Gasteiger partial charge in [-0.2, -0.15) is 0 Å². The molecule has 0 radical (unpaired) electrons. The smallest absolute Gasteiger partial charge is 0.237 e. The third-order valence-electron chi connectivity index (χ3n) is 3.45. The molecule has 110 valence electrons. The van der Waals surface area contributed by atoms with Gasteiger partial charge >= 0.3 is 0 Å². The number of benzene rings is 1. The number of halogens is 2. The van der Waals surface area contributed by atoms with Crippen LogP contribution in [-0.2, 0) is 5.88 Å². The fourth-order valence-corrected chi connectivity index (χ4v) is 2.44. The van der Waals surface area contributed by atoms with Gasteiger partial charge in [-0.25, -0.2) is 14.4 Å². The molecule has 1 fully saturated rings. The van der Waals surface area contributed by atoms with Crippen LogP contribution in [0.15, 0.2) is 24.3 Å². The van der Waals surface area contributed by atoms with Crippen molar-refractivity contribution in [3.8, 4) is 17.1 Å². The van der Waals surface area contributed by atoms with Crippen molar-refractivity contribution in [1.29, 1.82) is 0 Å². The molecule has 1 saturated carbocycles. The Morgan fingerprint density at radius 1 is 1.24 bits per heavy atom. The number of alkyl halides is 1. The fourth-order valence-electron chi connectivity index (χ4n) is 2.27. The van der Waals surface area contributed by atoms with Crippen LogP contribution in [0.25, 0.3) is 11.3 Å². The highest BCUT2D eigenvalue weighted by molar-refractivity contribution is 6.17. The van der Waals surface area contributed by atoms with E-state index in [-0.39, 0.29) is 11.7 Å². The monoisotopic (exact) mass is 306 g/mol. The van der Waals surface area contributed by atoms with Crippen LogP contribution in [0.2, 0.25) is 0 Å². The second kappa shape index (κ2) is 5.98. The van der Waals surface area contributed by atoms with Crippen LogP contribution in [0.4, 0.5) is 4.39 Å². The molecule has 0 unspecified atom stereocenters. The van der Waals surface area contributed by atoms with Crippen molar-refractivity contribution < 1.29 is 9.13 Å². The zero-order valence-corrected chi connectivity index (χ0v) is 12.5. The molecule has 5 heteroatoms. The fraction of sp³-hybridized carbons (Fsp3) is 0.375. The summed E-state index contributed by atoms with van der Waals surface area (Å²) in [5, 5.41) is 0. The van der Waals surface area contributed by atoms with Crippen LogP contribution in [0, 0.1) is 5.82 Å². The third kappa shape index (κ3) is 3.00. The average Bonchev–Trinajstić information content (AvgIpc) is 3.33. The Labute approximate surface area is 128 Å². The van der Waals surface area contributed by atoms with Gasteiger partial charge in [-0.15, -0.1) is 11.6 Å². The van der Waals surface area contributed by atoms with E-state index in [1.165, 1.54) is 12.1 Å². The Bertz CT molecular complexity index is 641. The molecule has 1 aromatic heterocycles. The summed E-state index contributed by atoms with van der Waals surface area (Å²) < 4.78 is 18.7. The average molecular weight is 307 g/mol. The summed E-state index contributed by atoms with van der Waals surface area (Å²) in [5.41, 5.74) is 3.25. The van der Waals surface area contributed by atoms with Gasteiger partial charge in [0.15, 0.2) is 0 Å². The summed E-state index contributed by atoms with van der Waals surface area (Å²) in [6.45, 7) is 2.40. The zero-order valence-electron chi connectivity index (χ0n) is 11.8. The van der Waals surface area contributed by atoms with Crippen LogP contribution in [0.5, 0.6) is 5.88 Å². The quantitative estimate of drug-likeness (QED) is 0.773. The van der Waals surface area contributed by atoms with Gasteiger partial charge in [-0.05, 0) is 44.0 Å². The van der Waals surface area contributed by atoms with Crippen LogP contribution >= 0.6 is 11.6 Å². The third-order valence-corrected chi connectivity index (χ3v) is 3.70. The van der Waals surface area contributed by atoms with Crippen molar-refractivity contribution in [3.63, 3.8) is 0 Å². The minimum absolute atomic E-state index is 0.262. The van der Waals surface area contributed by atoms with Gasteiger partial charge in [0.05, 0.1) is 23.9 Å². The van der Waals surface area contributed by atoms with E-state index >= 15 is 0 Å². The van der Waals surface area contributed by atoms with Gasteiger partial charge in [-0.3, -0.25) is 0 Å². The van der Waals surface area contributed by atoms with E-state index in [4.69, 9.17) is 16.3 Å². The van der Waals surface area contributed by atoms with Crippen molar-refractivity contribution in [2.45, 2.75) is 31.6 Å². The first kappa shape index (κ1) is 14.3. The topological polar surface area (TPSA) is 35.0 Å². The molecular weight excluding hydrogens is 291 g/mol. The van der Waals surface area contributed by atoms with E-state index in [2.05, 4.69) is 9.97 Å². The van der Waals surface area contributed by atoms with Gasteiger partial charge < -0.3 is 4.74 Å². The largest absolute Gasteiger partial charge is 0.477 e. The van der Waals surface area contributed by atoms with Crippen molar-refractivity contribution in [1.82, 2.24) is 9.97 Å². The molecule has 0 amide bonds. The molecule has 1 heterocycles. The highest BCUT2D eigenvalue weighted by atomic mass is 35.5. The van der Waals surface area contributed by atoms with E-state index in [9.17, 15) is 4.39 Å². The molecule has 0 bridgehead atoms. The van der Waals surface area contributed by atoms with Gasteiger partial charge in [0.2, 0.25) is 5.88 Å². The Kier molecular flexibility index (Phi) is 4.06. The summed E-state index contributed by atoms with van der Waals surface area (Å²) in [6.07, 6.45) is 2.22. The minimum atomic E-state index is -0.262. The molecule has 0 atom stereocenters. The van der Waals surface area contributed by atoms with Crippen LogP contribution in [-0.4, -0.2) is 16.6 Å². The number of hydrogen-bond acceptors (Lipinski definition) is 3. The maximum atomic E-state index is 13.1. The Balaban J connectivity index is 2.11. The van der Waals surface area contributed by atoms with Crippen LogP contribution < -0.4 is 4.74 Å². The van der Waals surface area contributed by atoms with Crippen LogP contribution in [0.3, 0.4) is 0 Å². The van der Waals surface area contributed by atoms with Gasteiger partial charge in [0.1, 0.15) is 11.5 Å². The maximum Gasteiger partial charge on any atom is 0.237 e. The molecule has 21 heavy (non-hydrogen) atoms. The molecule has 0 spiro atoms. The molecule has 1 aliphatic rings. The SMILES string of the molecule is CCOc1nc(-c2ccc(F)cc2)c(C2CC2)nc1CCl. The summed E-state index contributed by atoms with van der Waals surface area (Å²) in [6, 6.07) is 6.32. The van der Waals surface area contributed by atoms with Crippen molar-refractivity contribution >= 4 is 11.6 Å². The Hall–Kier alpha value is -1.68. The first-order valence-corrected chi connectivity index (χ1v) is 7.62. The predicted molar refractivity (Wildman–Crippen MR) is 80.1 cm³/mol. The van der Waals surface area contributed by atoms with Gasteiger partial charge in [-0.1, -0.05) is 0 Å². The first-order valence-electron chi connectivity index (χ1n) is 7.08. The van der Waals surface area contributed by atoms with Gasteiger partial charge in [0.25, 0.3) is 0 Å². The van der Waals surface area contributed by atoms with E-state index in [0.29, 0.717) is 24.1 Å². The number of rotatable bonds is 5. The summed E-state index contributed by atoms with van der Waals surface area (Å²) >= 11 is 5.95. The molecule has 0 saturated heterocycles. The molecule has 0 aliphatic heterocycles. The van der Waals surface area contributed by atoms with Crippen molar-refractivity contribution in [2.75, 3.05) is 6.61 Å². The summed E-state index contributed by atoms with van der Waals surface area (Å²) in [7, 11) is 0. The van der Waals surface area contributed by atoms with Gasteiger partial charge in [0, 0.05) is 11.5 Å². The molecule has 3 nitrogen and oxygen atoms in total. The number of aromatic nitrogens is 2. The van der Waals surface area contributed by atoms with E-state index in [1.807, 2.05) is 6.92 Å². The minimum Gasteiger partial charge on any atom is -0.477 e. The predicted octanol–water partition coefficient (Wildman–Crippen LogP) is 4.30. The van der Waals surface area contributed by atoms with Crippen molar-refractivity contribution in [3.05, 3.63) is 41.5 Å². The second-order valence-electron chi connectivity index (χ2n) is 5.06.